The first-order chi connectivity index (χ1) is 11.3. The Morgan fingerprint density at radius 3 is 2.38 bits per heavy atom. The van der Waals surface area contributed by atoms with E-state index in [1.54, 1.807) is 12.1 Å². The van der Waals surface area contributed by atoms with E-state index in [9.17, 15) is 8.78 Å². The second-order valence-corrected chi connectivity index (χ2v) is 11.7. The van der Waals surface area contributed by atoms with E-state index in [0.29, 0.717) is 18.0 Å². The SMILES string of the molecule is C[Si](C)(C)c1ccc(CNc2ccc3nnc(C(F)F)n3n2)cc1. The Labute approximate surface area is 139 Å². The molecule has 0 saturated heterocycles. The number of aromatic nitrogens is 4. The molecule has 0 radical (unpaired) electrons. The van der Waals surface area contributed by atoms with E-state index >= 15 is 0 Å². The Kier molecular flexibility index (Phi) is 4.31. The van der Waals surface area contributed by atoms with Crippen molar-refractivity contribution in [3.05, 3.63) is 47.8 Å². The van der Waals surface area contributed by atoms with Crippen molar-refractivity contribution in [2.75, 3.05) is 5.32 Å². The molecule has 2 aromatic heterocycles. The van der Waals surface area contributed by atoms with Gasteiger partial charge in [0.2, 0.25) is 5.82 Å². The van der Waals surface area contributed by atoms with Gasteiger partial charge in [-0.3, -0.25) is 0 Å². The molecule has 0 aliphatic carbocycles. The molecule has 0 saturated carbocycles. The maximum Gasteiger partial charge on any atom is 0.299 e. The van der Waals surface area contributed by atoms with Crippen LogP contribution in [0.1, 0.15) is 17.8 Å². The van der Waals surface area contributed by atoms with Crippen molar-refractivity contribution in [1.29, 1.82) is 0 Å². The fraction of sp³-hybridized carbons (Fsp3) is 0.312. The van der Waals surface area contributed by atoms with Crippen molar-refractivity contribution >= 4 is 24.7 Å². The summed E-state index contributed by atoms with van der Waals surface area (Å²) in [7, 11) is -1.30. The van der Waals surface area contributed by atoms with Crippen molar-refractivity contribution in [1.82, 2.24) is 19.8 Å². The maximum absolute atomic E-state index is 12.9. The van der Waals surface area contributed by atoms with Gasteiger partial charge in [-0.1, -0.05) is 49.1 Å². The second-order valence-electron chi connectivity index (χ2n) is 6.65. The minimum absolute atomic E-state index is 0.301. The standard InChI is InChI=1S/C16H19F2N5Si/c1-24(2,3)12-6-4-11(5-7-12)10-19-13-8-9-14-20-21-16(15(17)18)23(14)22-13/h4-9,15H,10H2,1-3H3,(H,19,22). The zero-order valence-corrected chi connectivity index (χ0v) is 14.8. The van der Waals surface area contributed by atoms with E-state index in [1.165, 1.54) is 5.19 Å². The number of alkyl halides is 2. The van der Waals surface area contributed by atoms with Crippen molar-refractivity contribution in [2.24, 2.45) is 0 Å². The number of fused-ring (bicyclic) bond motifs is 1. The Bertz CT molecular complexity index is 840. The summed E-state index contributed by atoms with van der Waals surface area (Å²) < 4.78 is 26.8. The van der Waals surface area contributed by atoms with E-state index in [2.05, 4.69) is 64.5 Å². The van der Waals surface area contributed by atoms with Gasteiger partial charge >= 0.3 is 0 Å². The molecule has 8 heteroatoms. The Morgan fingerprint density at radius 1 is 1.04 bits per heavy atom. The Hall–Kier alpha value is -2.35. The Morgan fingerprint density at radius 2 is 1.75 bits per heavy atom. The molecule has 3 rings (SSSR count). The number of benzene rings is 1. The van der Waals surface area contributed by atoms with Crippen LogP contribution in [0.3, 0.4) is 0 Å². The highest BCUT2D eigenvalue weighted by Gasteiger charge is 2.17. The summed E-state index contributed by atoms with van der Waals surface area (Å²) in [5.41, 5.74) is 1.41. The predicted octanol–water partition coefficient (Wildman–Crippen LogP) is 3.22. The molecular weight excluding hydrogens is 328 g/mol. The van der Waals surface area contributed by atoms with E-state index in [1.807, 2.05) is 0 Å². The van der Waals surface area contributed by atoms with Crippen LogP contribution in [0.5, 0.6) is 0 Å². The lowest BCUT2D eigenvalue weighted by molar-refractivity contribution is 0.137. The van der Waals surface area contributed by atoms with E-state index in [4.69, 9.17) is 0 Å². The molecule has 0 amide bonds. The van der Waals surface area contributed by atoms with Crippen LogP contribution in [0.2, 0.25) is 19.6 Å². The third-order valence-corrected chi connectivity index (χ3v) is 5.84. The minimum atomic E-state index is -2.71. The first kappa shape index (κ1) is 16.5. The van der Waals surface area contributed by atoms with Crippen molar-refractivity contribution in [3.8, 4) is 0 Å². The van der Waals surface area contributed by atoms with E-state index < -0.39 is 20.3 Å². The van der Waals surface area contributed by atoms with E-state index in [-0.39, 0.29) is 0 Å². The quantitative estimate of drug-likeness (QED) is 0.720. The fourth-order valence-electron chi connectivity index (χ4n) is 2.35. The van der Waals surface area contributed by atoms with Crippen molar-refractivity contribution in [3.63, 3.8) is 0 Å². The molecule has 1 N–H and O–H groups in total. The molecule has 0 atom stereocenters. The average molecular weight is 347 g/mol. The molecular formula is C16H19F2N5Si. The van der Waals surface area contributed by atoms with Crippen LogP contribution in [0.15, 0.2) is 36.4 Å². The van der Waals surface area contributed by atoms with Gasteiger partial charge in [0.1, 0.15) is 5.82 Å². The summed E-state index contributed by atoms with van der Waals surface area (Å²) >= 11 is 0. The van der Waals surface area contributed by atoms with Gasteiger partial charge in [0.25, 0.3) is 6.43 Å². The van der Waals surface area contributed by atoms with Gasteiger partial charge in [-0.15, -0.1) is 15.3 Å². The molecule has 2 heterocycles. The van der Waals surface area contributed by atoms with Crippen LogP contribution in [0, 0.1) is 0 Å². The van der Waals surface area contributed by atoms with Gasteiger partial charge in [0.15, 0.2) is 5.65 Å². The third-order valence-electron chi connectivity index (χ3n) is 3.78. The number of anilines is 1. The first-order valence-electron chi connectivity index (χ1n) is 7.68. The zero-order chi connectivity index (χ0) is 17.3. The number of halogens is 2. The molecule has 0 spiro atoms. The highest BCUT2D eigenvalue weighted by atomic mass is 28.3. The minimum Gasteiger partial charge on any atom is -0.365 e. The van der Waals surface area contributed by atoms with Crippen LogP contribution in [0.4, 0.5) is 14.6 Å². The molecule has 5 nitrogen and oxygen atoms in total. The summed E-state index contributed by atoms with van der Waals surface area (Å²) in [5.74, 6) is 0.0478. The van der Waals surface area contributed by atoms with Crippen molar-refractivity contribution < 1.29 is 8.78 Å². The predicted molar refractivity (Wildman–Crippen MR) is 92.5 cm³/mol. The molecule has 0 aliphatic heterocycles. The maximum atomic E-state index is 12.9. The van der Waals surface area contributed by atoms with Crippen LogP contribution >= 0.6 is 0 Å². The summed E-state index contributed by atoms with van der Waals surface area (Å²) in [6.45, 7) is 7.48. The fourth-order valence-corrected chi connectivity index (χ4v) is 3.52. The van der Waals surface area contributed by atoms with Gasteiger partial charge in [0.05, 0.1) is 8.07 Å². The molecule has 0 aliphatic rings. The van der Waals surface area contributed by atoms with Gasteiger partial charge in [-0.2, -0.15) is 4.52 Å². The van der Waals surface area contributed by atoms with Gasteiger partial charge in [0, 0.05) is 6.54 Å². The number of hydrogen-bond donors (Lipinski definition) is 1. The van der Waals surface area contributed by atoms with Crippen LogP contribution < -0.4 is 10.5 Å². The monoisotopic (exact) mass is 347 g/mol. The summed E-state index contributed by atoms with van der Waals surface area (Å²) in [6, 6.07) is 11.8. The topological polar surface area (TPSA) is 55.1 Å². The molecule has 0 fully saturated rings. The molecule has 0 bridgehead atoms. The van der Waals surface area contributed by atoms with Gasteiger partial charge in [-0.05, 0) is 17.7 Å². The lowest BCUT2D eigenvalue weighted by atomic mass is 10.2. The second kappa shape index (κ2) is 6.27. The lowest BCUT2D eigenvalue weighted by Crippen LogP contribution is -2.37. The summed E-state index contributed by atoms with van der Waals surface area (Å²) in [5, 5.41) is 15.8. The summed E-state index contributed by atoms with van der Waals surface area (Å²) in [4.78, 5) is 0. The molecule has 3 aromatic rings. The third kappa shape index (κ3) is 3.43. The molecule has 1 aromatic carbocycles. The lowest BCUT2D eigenvalue weighted by Gasteiger charge is -2.16. The summed E-state index contributed by atoms with van der Waals surface area (Å²) in [6.07, 6.45) is -2.71. The number of rotatable bonds is 5. The van der Waals surface area contributed by atoms with Gasteiger partial charge in [-0.25, -0.2) is 8.78 Å². The van der Waals surface area contributed by atoms with Crippen LogP contribution in [-0.2, 0) is 6.54 Å². The van der Waals surface area contributed by atoms with Crippen LogP contribution in [0.25, 0.3) is 5.65 Å². The number of hydrogen-bond acceptors (Lipinski definition) is 4. The van der Waals surface area contributed by atoms with E-state index in [0.717, 1.165) is 10.1 Å². The highest BCUT2D eigenvalue weighted by molar-refractivity contribution is 6.88. The van der Waals surface area contributed by atoms with Crippen LogP contribution in [-0.4, -0.2) is 27.9 Å². The van der Waals surface area contributed by atoms with Gasteiger partial charge < -0.3 is 5.32 Å². The normalized spacial score (nSPS) is 12.1. The van der Waals surface area contributed by atoms with Crippen molar-refractivity contribution in [2.45, 2.75) is 32.6 Å². The molecule has 0 unspecified atom stereocenters. The Balaban J connectivity index is 1.74. The molecule has 24 heavy (non-hydrogen) atoms. The zero-order valence-electron chi connectivity index (χ0n) is 13.8. The molecule has 126 valence electrons. The first-order valence-corrected chi connectivity index (χ1v) is 11.2. The highest BCUT2D eigenvalue weighted by Crippen LogP contribution is 2.17. The number of nitrogens with zero attached hydrogens (tertiary/aromatic N) is 4. The average Bonchev–Trinajstić information content (AvgIpc) is 2.96. The largest absolute Gasteiger partial charge is 0.365 e. The number of nitrogens with one attached hydrogen (secondary N) is 1. The smallest absolute Gasteiger partial charge is 0.299 e.